The van der Waals surface area contributed by atoms with Crippen LogP contribution < -0.4 is 16.0 Å². The fourth-order valence-corrected chi connectivity index (χ4v) is 1.81. The molecule has 1 rings (SSSR count). The summed E-state index contributed by atoms with van der Waals surface area (Å²) in [6.45, 7) is 7.20. The summed E-state index contributed by atoms with van der Waals surface area (Å²) in [5, 5.41) is 8.01. The van der Waals surface area contributed by atoms with Gasteiger partial charge in [-0.25, -0.2) is 4.79 Å². The van der Waals surface area contributed by atoms with E-state index in [-0.39, 0.29) is 18.0 Å². The van der Waals surface area contributed by atoms with Crippen molar-refractivity contribution in [1.29, 1.82) is 0 Å². The van der Waals surface area contributed by atoms with Crippen molar-refractivity contribution in [3.05, 3.63) is 11.3 Å². The van der Waals surface area contributed by atoms with E-state index >= 15 is 0 Å². The smallest absolute Gasteiger partial charge is 0.319 e. The molecular weight excluding hydrogens is 234 g/mol. The van der Waals surface area contributed by atoms with E-state index in [1.54, 1.807) is 13.8 Å². The number of carbonyl (C=O) groups excluding carboxylic acids is 2. The van der Waals surface area contributed by atoms with E-state index in [1.165, 1.54) is 0 Å². The van der Waals surface area contributed by atoms with Gasteiger partial charge in [-0.2, -0.15) is 0 Å². The van der Waals surface area contributed by atoms with Crippen molar-refractivity contribution in [2.45, 2.75) is 33.2 Å². The predicted octanol–water partition coefficient (Wildman–Crippen LogP) is 0.505. The molecule has 0 aromatic rings. The Kier molecular flexibility index (Phi) is 5.64. The number of amides is 3. The summed E-state index contributed by atoms with van der Waals surface area (Å²) in [5.41, 5.74) is 1.16. The summed E-state index contributed by atoms with van der Waals surface area (Å²) in [6.07, 6.45) is 0.963. The molecule has 1 aliphatic rings. The first-order valence-corrected chi connectivity index (χ1v) is 6.20. The third-order valence-corrected chi connectivity index (χ3v) is 2.61. The minimum atomic E-state index is -0.282. The molecule has 18 heavy (non-hydrogen) atoms. The molecule has 1 aliphatic heterocycles. The van der Waals surface area contributed by atoms with Gasteiger partial charge in [-0.3, -0.25) is 4.79 Å². The van der Waals surface area contributed by atoms with Gasteiger partial charge in [0.1, 0.15) is 0 Å². The van der Waals surface area contributed by atoms with Gasteiger partial charge in [0.25, 0.3) is 5.91 Å². The summed E-state index contributed by atoms with van der Waals surface area (Å²) in [4.78, 5) is 23.1. The van der Waals surface area contributed by atoms with Crippen molar-refractivity contribution >= 4 is 11.9 Å². The zero-order chi connectivity index (χ0) is 13.5. The van der Waals surface area contributed by atoms with Crippen molar-refractivity contribution in [2.75, 3.05) is 19.8 Å². The monoisotopic (exact) mass is 255 g/mol. The highest BCUT2D eigenvalue weighted by molar-refractivity contribution is 5.98. The van der Waals surface area contributed by atoms with E-state index < -0.39 is 0 Å². The molecule has 0 saturated heterocycles. The molecule has 3 N–H and O–H groups in total. The number of allylic oxidation sites excluding steroid dienone is 1. The first-order chi connectivity index (χ1) is 8.56. The molecule has 0 aliphatic carbocycles. The Balaban J connectivity index is 2.45. The minimum Gasteiger partial charge on any atom is -0.380 e. The molecule has 0 aromatic carbocycles. The maximum absolute atomic E-state index is 11.9. The molecule has 6 heteroatoms. The standard InChI is InChI=1S/C12H21N3O3/c1-4-6-18-7-5-13-11(16)10-8(2)14-12(17)15-9(10)3/h8H,4-7H2,1-3H3,(H,13,16)(H2,14,15,17)/t8-/m0/s1. The van der Waals surface area contributed by atoms with Crippen molar-refractivity contribution in [1.82, 2.24) is 16.0 Å². The Morgan fingerprint density at radius 2 is 2.17 bits per heavy atom. The number of nitrogens with one attached hydrogen (secondary N) is 3. The van der Waals surface area contributed by atoms with E-state index in [4.69, 9.17) is 4.74 Å². The van der Waals surface area contributed by atoms with Gasteiger partial charge in [-0.15, -0.1) is 0 Å². The van der Waals surface area contributed by atoms with Gasteiger partial charge in [0.2, 0.25) is 0 Å². The quantitative estimate of drug-likeness (QED) is 0.605. The highest BCUT2D eigenvalue weighted by atomic mass is 16.5. The Morgan fingerprint density at radius 3 is 2.78 bits per heavy atom. The summed E-state index contributed by atoms with van der Waals surface area (Å²) < 4.78 is 5.28. The van der Waals surface area contributed by atoms with Crippen LogP contribution in [-0.4, -0.2) is 37.7 Å². The number of hydrogen-bond donors (Lipinski definition) is 3. The van der Waals surface area contributed by atoms with Crippen LogP contribution in [-0.2, 0) is 9.53 Å². The van der Waals surface area contributed by atoms with Crippen LogP contribution >= 0.6 is 0 Å². The molecule has 0 unspecified atom stereocenters. The second-order valence-corrected chi connectivity index (χ2v) is 4.23. The van der Waals surface area contributed by atoms with Gasteiger partial charge in [0, 0.05) is 18.8 Å². The van der Waals surface area contributed by atoms with Gasteiger partial charge < -0.3 is 20.7 Å². The normalized spacial score (nSPS) is 19.3. The van der Waals surface area contributed by atoms with Crippen molar-refractivity contribution in [2.24, 2.45) is 0 Å². The van der Waals surface area contributed by atoms with Crippen molar-refractivity contribution < 1.29 is 14.3 Å². The van der Waals surface area contributed by atoms with E-state index in [9.17, 15) is 9.59 Å². The fourth-order valence-electron chi connectivity index (χ4n) is 1.81. The number of urea groups is 1. The van der Waals surface area contributed by atoms with Crippen LogP contribution in [0.4, 0.5) is 4.79 Å². The van der Waals surface area contributed by atoms with Crippen LogP contribution in [0.25, 0.3) is 0 Å². The molecule has 0 saturated carbocycles. The second kappa shape index (κ2) is 7.00. The first kappa shape index (κ1) is 14.5. The number of carbonyl (C=O) groups is 2. The summed E-state index contributed by atoms with van der Waals surface area (Å²) in [5.74, 6) is -0.174. The lowest BCUT2D eigenvalue weighted by molar-refractivity contribution is -0.118. The number of rotatable bonds is 6. The fraction of sp³-hybridized carbons (Fsp3) is 0.667. The highest BCUT2D eigenvalue weighted by Gasteiger charge is 2.26. The van der Waals surface area contributed by atoms with Crippen LogP contribution in [0, 0.1) is 0 Å². The number of ether oxygens (including phenoxy) is 1. The maximum atomic E-state index is 11.9. The zero-order valence-electron chi connectivity index (χ0n) is 11.1. The van der Waals surface area contributed by atoms with Crippen LogP contribution in [0.15, 0.2) is 11.3 Å². The van der Waals surface area contributed by atoms with Gasteiger partial charge >= 0.3 is 6.03 Å². The predicted molar refractivity (Wildman–Crippen MR) is 67.9 cm³/mol. The minimum absolute atomic E-state index is 0.174. The van der Waals surface area contributed by atoms with Gasteiger partial charge in [0.05, 0.1) is 18.2 Å². The van der Waals surface area contributed by atoms with Gasteiger partial charge in [0.15, 0.2) is 0 Å². The molecule has 0 spiro atoms. The molecular formula is C12H21N3O3. The van der Waals surface area contributed by atoms with Crippen LogP contribution in [0.1, 0.15) is 27.2 Å². The molecule has 6 nitrogen and oxygen atoms in total. The van der Waals surface area contributed by atoms with E-state index in [1.807, 2.05) is 6.92 Å². The molecule has 0 aromatic heterocycles. The first-order valence-electron chi connectivity index (χ1n) is 6.20. The number of hydrogen-bond acceptors (Lipinski definition) is 3. The van der Waals surface area contributed by atoms with Crippen molar-refractivity contribution in [3.63, 3.8) is 0 Å². The Hall–Kier alpha value is -1.56. The Bertz CT molecular complexity index is 352. The second-order valence-electron chi connectivity index (χ2n) is 4.23. The Morgan fingerprint density at radius 1 is 1.44 bits per heavy atom. The maximum Gasteiger partial charge on any atom is 0.319 e. The molecule has 0 bridgehead atoms. The lowest BCUT2D eigenvalue weighted by Crippen LogP contribution is -2.50. The lowest BCUT2D eigenvalue weighted by Gasteiger charge is -2.25. The average molecular weight is 255 g/mol. The van der Waals surface area contributed by atoms with Gasteiger partial charge in [-0.05, 0) is 20.3 Å². The lowest BCUT2D eigenvalue weighted by atomic mass is 10.0. The average Bonchev–Trinajstić information content (AvgIpc) is 2.27. The zero-order valence-corrected chi connectivity index (χ0v) is 11.1. The molecule has 0 fully saturated rings. The molecule has 0 radical (unpaired) electrons. The van der Waals surface area contributed by atoms with Crippen LogP contribution in [0.3, 0.4) is 0 Å². The van der Waals surface area contributed by atoms with E-state index in [0.717, 1.165) is 6.42 Å². The van der Waals surface area contributed by atoms with Crippen LogP contribution in [0.5, 0.6) is 0 Å². The van der Waals surface area contributed by atoms with E-state index in [0.29, 0.717) is 31.0 Å². The van der Waals surface area contributed by atoms with Gasteiger partial charge in [-0.1, -0.05) is 6.92 Å². The SMILES string of the molecule is CCCOCCNC(=O)C1=C(C)NC(=O)N[C@H]1C. The van der Waals surface area contributed by atoms with Crippen molar-refractivity contribution in [3.8, 4) is 0 Å². The van der Waals surface area contributed by atoms with Crippen LogP contribution in [0.2, 0.25) is 0 Å². The largest absolute Gasteiger partial charge is 0.380 e. The third kappa shape index (κ3) is 4.03. The summed E-state index contributed by atoms with van der Waals surface area (Å²) in [7, 11) is 0. The molecule has 3 amide bonds. The van der Waals surface area contributed by atoms with E-state index in [2.05, 4.69) is 16.0 Å². The molecule has 1 heterocycles. The third-order valence-electron chi connectivity index (χ3n) is 2.61. The topological polar surface area (TPSA) is 79.5 Å². The molecule has 102 valence electrons. The molecule has 1 atom stereocenters. The highest BCUT2D eigenvalue weighted by Crippen LogP contribution is 2.11. The Labute approximate surface area is 107 Å². The summed E-state index contributed by atoms with van der Waals surface area (Å²) in [6, 6.07) is -0.557. The summed E-state index contributed by atoms with van der Waals surface area (Å²) >= 11 is 0.